The molecule has 0 saturated carbocycles. The number of nitrogens with zero attached hydrogens (tertiary/aromatic N) is 2. The highest BCUT2D eigenvalue weighted by atomic mass is 32.2. The molecule has 8 heteroatoms. The third kappa shape index (κ3) is 4.53. The summed E-state index contributed by atoms with van der Waals surface area (Å²) in [5, 5.41) is 3.46. The van der Waals surface area contributed by atoms with Crippen molar-refractivity contribution in [3.63, 3.8) is 0 Å². The predicted molar refractivity (Wildman–Crippen MR) is 88.9 cm³/mol. The fourth-order valence-corrected chi connectivity index (χ4v) is 3.06. The Kier molecular flexibility index (Phi) is 5.53. The van der Waals surface area contributed by atoms with Crippen LogP contribution in [0.2, 0.25) is 0 Å². The zero-order valence-corrected chi connectivity index (χ0v) is 14.5. The highest BCUT2D eigenvalue weighted by Gasteiger charge is 2.19. The van der Waals surface area contributed by atoms with Crippen LogP contribution in [0.1, 0.15) is 21.7 Å². The zero-order chi connectivity index (χ0) is 17.7. The second-order valence-corrected chi connectivity index (χ2v) is 7.15. The molecule has 128 valence electrons. The summed E-state index contributed by atoms with van der Waals surface area (Å²) >= 11 is 0. The largest absolute Gasteiger partial charge is 0.383 e. The molecule has 0 aliphatic rings. The van der Waals surface area contributed by atoms with Crippen molar-refractivity contribution in [1.82, 2.24) is 14.8 Å². The van der Waals surface area contributed by atoms with Gasteiger partial charge in [0.2, 0.25) is 10.0 Å². The Morgan fingerprint density at radius 3 is 2.75 bits per heavy atom. The zero-order valence-electron chi connectivity index (χ0n) is 13.7. The molecule has 2 aromatic rings. The van der Waals surface area contributed by atoms with Crippen LogP contribution in [0.4, 0.5) is 0 Å². The lowest BCUT2D eigenvalue weighted by atomic mass is 10.1. The maximum absolute atomic E-state index is 12.2. The van der Waals surface area contributed by atoms with Gasteiger partial charge in [-0.1, -0.05) is 23.4 Å². The third-order valence-corrected chi connectivity index (χ3v) is 4.69. The number of rotatable bonds is 7. The van der Waals surface area contributed by atoms with Gasteiger partial charge in [-0.2, -0.15) is 0 Å². The smallest absolute Gasteiger partial charge is 0.245 e. The third-order valence-electron chi connectivity index (χ3n) is 3.20. The monoisotopic (exact) mass is 349 g/mol. The van der Waals surface area contributed by atoms with Crippen molar-refractivity contribution >= 4 is 15.8 Å². The van der Waals surface area contributed by atoms with Gasteiger partial charge >= 0.3 is 0 Å². The summed E-state index contributed by atoms with van der Waals surface area (Å²) in [6.45, 7) is 1.59. The van der Waals surface area contributed by atoms with Crippen LogP contribution >= 0.6 is 0 Å². The molecule has 0 saturated heterocycles. The average Bonchev–Trinajstić information content (AvgIpc) is 2.98. The number of sulfonamides is 1. The molecule has 0 spiro atoms. The summed E-state index contributed by atoms with van der Waals surface area (Å²) < 4.78 is 31.6. The van der Waals surface area contributed by atoms with E-state index in [1.54, 1.807) is 35.4 Å². The molecule has 1 heterocycles. The number of hydrogen-bond donors (Lipinski definition) is 1. The van der Waals surface area contributed by atoms with E-state index < -0.39 is 10.0 Å². The molecule has 0 fully saturated rings. The molecule has 1 aromatic carbocycles. The molecular weight excluding hydrogens is 330 g/mol. The van der Waals surface area contributed by atoms with Gasteiger partial charge in [0.25, 0.3) is 0 Å². The summed E-state index contributed by atoms with van der Waals surface area (Å²) in [6, 6.07) is 6.80. The number of aromatic nitrogens is 1. The highest BCUT2D eigenvalue weighted by molar-refractivity contribution is 7.89. The minimum absolute atomic E-state index is 0.00338. The van der Waals surface area contributed by atoms with Crippen molar-refractivity contribution in [2.45, 2.75) is 18.4 Å². The van der Waals surface area contributed by atoms with E-state index in [-0.39, 0.29) is 23.0 Å². The molecule has 0 amide bonds. The van der Waals surface area contributed by atoms with E-state index in [4.69, 9.17) is 4.52 Å². The number of carbonyl (C=O) groups excluding carboxylic acids is 1. The Balaban J connectivity index is 2.10. The van der Waals surface area contributed by atoms with Crippen LogP contribution in [0, 0.1) is 6.92 Å². The first kappa shape index (κ1) is 17.9. The highest BCUT2D eigenvalue weighted by Crippen LogP contribution is 2.14. The number of aryl methyl sites for hydroxylation is 1. The number of allylic oxidation sites excluding steroid dienone is 1. The fraction of sp³-hybridized carbons (Fsp3) is 0.250. The molecule has 1 aromatic heterocycles. The average molecular weight is 349 g/mol. The summed E-state index contributed by atoms with van der Waals surface area (Å²) in [6.07, 6.45) is 4.28. The number of carbonyl (C=O) groups is 1. The predicted octanol–water partition coefficient (Wildman–Crippen LogP) is 1.72. The van der Waals surface area contributed by atoms with Gasteiger partial charge in [-0.3, -0.25) is 4.79 Å². The molecule has 1 N–H and O–H groups in total. The van der Waals surface area contributed by atoms with E-state index in [2.05, 4.69) is 9.88 Å². The molecule has 7 nitrogen and oxygen atoms in total. The van der Waals surface area contributed by atoms with Crippen molar-refractivity contribution < 1.29 is 17.7 Å². The maximum Gasteiger partial charge on any atom is 0.245 e. The quantitative estimate of drug-likeness (QED) is 0.604. The lowest BCUT2D eigenvalue weighted by Gasteiger charge is -2.07. The van der Waals surface area contributed by atoms with Gasteiger partial charge in [-0.15, -0.1) is 0 Å². The molecule has 2 rings (SSSR count). The van der Waals surface area contributed by atoms with Crippen molar-refractivity contribution in [3.8, 4) is 0 Å². The van der Waals surface area contributed by atoms with Crippen molar-refractivity contribution in [2.75, 3.05) is 14.1 Å². The first-order valence-electron chi connectivity index (χ1n) is 7.18. The second kappa shape index (κ2) is 7.41. The minimum atomic E-state index is -3.71. The van der Waals surface area contributed by atoms with Crippen LogP contribution in [0.5, 0.6) is 0 Å². The van der Waals surface area contributed by atoms with Crippen LogP contribution in [-0.2, 0) is 16.6 Å². The van der Waals surface area contributed by atoms with E-state index in [0.717, 1.165) is 6.20 Å². The van der Waals surface area contributed by atoms with Crippen molar-refractivity contribution in [2.24, 2.45) is 0 Å². The fourth-order valence-electron chi connectivity index (χ4n) is 1.95. The number of hydrogen-bond acceptors (Lipinski definition) is 6. The van der Waals surface area contributed by atoms with Gasteiger partial charge < -0.3 is 9.42 Å². The number of nitrogens with one attached hydrogen (secondary N) is 1. The normalized spacial score (nSPS) is 11.8. The van der Waals surface area contributed by atoms with E-state index in [1.807, 2.05) is 14.1 Å². The van der Waals surface area contributed by atoms with E-state index in [1.165, 1.54) is 13.0 Å². The van der Waals surface area contributed by atoms with Crippen molar-refractivity contribution in [1.29, 1.82) is 0 Å². The number of benzene rings is 1. The Bertz CT molecular complexity index is 854. The molecule has 0 bridgehead atoms. The molecule has 0 radical (unpaired) electrons. The second-order valence-electron chi connectivity index (χ2n) is 5.41. The summed E-state index contributed by atoms with van der Waals surface area (Å²) in [5.74, 6) is 0.0727. The van der Waals surface area contributed by atoms with Crippen LogP contribution in [0.25, 0.3) is 0 Å². The van der Waals surface area contributed by atoms with Gasteiger partial charge in [0.1, 0.15) is 4.90 Å². The molecule has 0 unspecified atom stereocenters. The van der Waals surface area contributed by atoms with Crippen LogP contribution in [0.3, 0.4) is 0 Å². The Morgan fingerprint density at radius 2 is 2.12 bits per heavy atom. The minimum Gasteiger partial charge on any atom is -0.383 e. The van der Waals surface area contributed by atoms with Crippen LogP contribution < -0.4 is 4.72 Å². The van der Waals surface area contributed by atoms with Crippen molar-refractivity contribution in [3.05, 3.63) is 59.6 Å². The van der Waals surface area contributed by atoms with E-state index in [0.29, 0.717) is 11.1 Å². The van der Waals surface area contributed by atoms with Gasteiger partial charge in [0, 0.05) is 38.5 Å². The summed E-state index contributed by atoms with van der Waals surface area (Å²) in [7, 11) is -0.0700. The van der Waals surface area contributed by atoms with E-state index in [9.17, 15) is 13.2 Å². The van der Waals surface area contributed by atoms with Gasteiger partial charge in [-0.05, 0) is 18.6 Å². The lowest BCUT2D eigenvalue weighted by Crippen LogP contribution is -2.23. The topological polar surface area (TPSA) is 92.5 Å². The SMILES string of the molecule is Cc1oncc1S(=O)(=O)NCc1cccc(C(=O)C=CN(C)C)c1. The molecular formula is C16H19N3O4S. The molecule has 0 aliphatic carbocycles. The van der Waals surface area contributed by atoms with Crippen LogP contribution in [-0.4, -0.2) is 38.4 Å². The van der Waals surface area contributed by atoms with Gasteiger partial charge in [0.05, 0.1) is 6.20 Å². The first-order valence-corrected chi connectivity index (χ1v) is 8.67. The Labute approximate surface area is 141 Å². The molecule has 0 aliphatic heterocycles. The standard InChI is InChI=1S/C16H19N3O4S/c1-12-16(11-17-23-12)24(21,22)18-10-13-5-4-6-14(9-13)15(20)7-8-19(2)3/h4-9,11,18H,10H2,1-3H3. The van der Waals surface area contributed by atoms with Gasteiger partial charge in [0.15, 0.2) is 11.5 Å². The Hall–Kier alpha value is -2.45. The van der Waals surface area contributed by atoms with E-state index >= 15 is 0 Å². The Morgan fingerprint density at radius 1 is 1.38 bits per heavy atom. The summed E-state index contributed by atoms with van der Waals surface area (Å²) in [5.41, 5.74) is 1.17. The summed E-state index contributed by atoms with van der Waals surface area (Å²) in [4.78, 5) is 13.8. The number of ketones is 1. The first-order chi connectivity index (χ1) is 11.3. The van der Waals surface area contributed by atoms with Gasteiger partial charge in [-0.25, -0.2) is 13.1 Å². The molecule has 24 heavy (non-hydrogen) atoms. The maximum atomic E-state index is 12.2. The van der Waals surface area contributed by atoms with Crippen LogP contribution in [0.15, 0.2) is 52.2 Å². The molecule has 0 atom stereocenters. The lowest BCUT2D eigenvalue weighted by molar-refractivity contribution is 0.104.